The highest BCUT2D eigenvalue weighted by molar-refractivity contribution is 5.33. The van der Waals surface area contributed by atoms with Gasteiger partial charge in [0.25, 0.3) is 0 Å². The Bertz CT molecular complexity index is 540. The van der Waals surface area contributed by atoms with Crippen LogP contribution in [0.3, 0.4) is 0 Å². The molecule has 4 heteroatoms. The Labute approximate surface area is 119 Å². The summed E-state index contributed by atoms with van der Waals surface area (Å²) in [6, 6.07) is 11.3. The molecular formula is C16H19NO3. The van der Waals surface area contributed by atoms with Gasteiger partial charge in [-0.1, -0.05) is 19.1 Å². The van der Waals surface area contributed by atoms with E-state index in [1.54, 1.807) is 19.4 Å². The Balaban J connectivity index is 2.08. The molecule has 1 atom stereocenters. The second-order valence-corrected chi connectivity index (χ2v) is 4.53. The highest BCUT2D eigenvalue weighted by Gasteiger charge is 2.06. The van der Waals surface area contributed by atoms with Crippen molar-refractivity contribution >= 4 is 0 Å². The predicted octanol–water partition coefficient (Wildman–Crippen LogP) is 3.46. The molecule has 2 rings (SSSR count). The number of pyridine rings is 1. The highest BCUT2D eigenvalue weighted by Crippen LogP contribution is 2.23. The van der Waals surface area contributed by atoms with E-state index in [1.165, 1.54) is 0 Å². The number of aliphatic hydroxyl groups excluding tert-OH is 1. The third-order valence-corrected chi connectivity index (χ3v) is 2.93. The summed E-state index contributed by atoms with van der Waals surface area (Å²) in [4.78, 5) is 4.20. The van der Waals surface area contributed by atoms with E-state index < -0.39 is 6.10 Å². The molecule has 0 aliphatic carbocycles. The summed E-state index contributed by atoms with van der Waals surface area (Å²) in [5.74, 6) is 1.39. The molecule has 1 unspecified atom stereocenters. The molecule has 106 valence electrons. The molecular weight excluding hydrogens is 254 g/mol. The topological polar surface area (TPSA) is 51.6 Å². The van der Waals surface area contributed by atoms with Crippen LogP contribution in [0.5, 0.6) is 11.5 Å². The van der Waals surface area contributed by atoms with Crippen molar-refractivity contribution in [2.75, 3.05) is 7.11 Å². The van der Waals surface area contributed by atoms with E-state index in [1.807, 2.05) is 37.3 Å². The molecule has 4 nitrogen and oxygen atoms in total. The van der Waals surface area contributed by atoms with Crippen molar-refractivity contribution in [2.45, 2.75) is 26.1 Å². The van der Waals surface area contributed by atoms with Crippen LogP contribution in [-0.4, -0.2) is 17.2 Å². The van der Waals surface area contributed by atoms with Gasteiger partial charge in [0, 0.05) is 7.11 Å². The lowest BCUT2D eigenvalue weighted by molar-refractivity contribution is 0.169. The van der Waals surface area contributed by atoms with Crippen LogP contribution in [0.25, 0.3) is 0 Å². The van der Waals surface area contributed by atoms with Crippen molar-refractivity contribution in [3.8, 4) is 11.5 Å². The number of rotatable bonds is 6. The van der Waals surface area contributed by atoms with Gasteiger partial charge in [0.1, 0.15) is 11.5 Å². The van der Waals surface area contributed by atoms with Crippen molar-refractivity contribution < 1.29 is 14.6 Å². The second kappa shape index (κ2) is 7.03. The predicted molar refractivity (Wildman–Crippen MR) is 76.7 cm³/mol. The number of hydrogen-bond donors (Lipinski definition) is 1. The third-order valence-electron chi connectivity index (χ3n) is 2.93. The van der Waals surface area contributed by atoms with Crippen molar-refractivity contribution in [2.24, 2.45) is 0 Å². The maximum atomic E-state index is 9.69. The fraction of sp³-hybridized carbons (Fsp3) is 0.312. The monoisotopic (exact) mass is 273 g/mol. The molecule has 0 fully saturated rings. The van der Waals surface area contributed by atoms with E-state index in [0.717, 1.165) is 11.3 Å². The van der Waals surface area contributed by atoms with Crippen LogP contribution in [0.15, 0.2) is 42.6 Å². The average molecular weight is 273 g/mol. The van der Waals surface area contributed by atoms with Crippen molar-refractivity contribution in [3.05, 3.63) is 53.9 Å². The molecule has 0 saturated heterocycles. The molecule has 20 heavy (non-hydrogen) atoms. The zero-order valence-corrected chi connectivity index (χ0v) is 11.7. The molecule has 0 spiro atoms. The Morgan fingerprint density at radius 1 is 1.20 bits per heavy atom. The minimum absolute atomic E-state index is 0.519. The first-order valence-corrected chi connectivity index (χ1v) is 6.62. The maximum Gasteiger partial charge on any atom is 0.145 e. The van der Waals surface area contributed by atoms with Crippen LogP contribution in [0, 0.1) is 0 Å². The molecule has 1 N–H and O–H groups in total. The Morgan fingerprint density at radius 2 is 2.05 bits per heavy atom. The fourth-order valence-electron chi connectivity index (χ4n) is 1.86. The molecule has 1 aromatic heterocycles. The lowest BCUT2D eigenvalue weighted by Gasteiger charge is -2.09. The number of nitrogens with zero attached hydrogens (tertiary/aromatic N) is 1. The van der Waals surface area contributed by atoms with E-state index in [9.17, 15) is 5.11 Å². The van der Waals surface area contributed by atoms with E-state index in [-0.39, 0.29) is 0 Å². The minimum atomic E-state index is -0.519. The standard InChI is InChI=1S/C16H19NO3/c1-3-16(18)15-8-7-14(10-17-15)20-13-6-4-5-12(9-13)11-19-2/h4-10,16,18H,3,11H2,1-2H3. The quantitative estimate of drug-likeness (QED) is 0.875. The number of aliphatic hydroxyl groups is 1. The third kappa shape index (κ3) is 3.79. The number of ether oxygens (including phenoxy) is 2. The normalized spacial score (nSPS) is 12.2. The smallest absolute Gasteiger partial charge is 0.145 e. The molecule has 0 amide bonds. The molecule has 0 radical (unpaired) electrons. The van der Waals surface area contributed by atoms with E-state index in [2.05, 4.69) is 4.98 Å². The first-order chi connectivity index (χ1) is 9.72. The lowest BCUT2D eigenvalue weighted by Crippen LogP contribution is -1.98. The fourth-order valence-corrected chi connectivity index (χ4v) is 1.86. The number of benzene rings is 1. The van der Waals surface area contributed by atoms with Gasteiger partial charge in [-0.15, -0.1) is 0 Å². The van der Waals surface area contributed by atoms with E-state index in [4.69, 9.17) is 9.47 Å². The first kappa shape index (κ1) is 14.5. The van der Waals surface area contributed by atoms with Gasteiger partial charge in [0.15, 0.2) is 0 Å². The van der Waals surface area contributed by atoms with Gasteiger partial charge in [0.05, 0.1) is 24.6 Å². The summed E-state index contributed by atoms with van der Waals surface area (Å²) < 4.78 is 10.8. The van der Waals surface area contributed by atoms with E-state index in [0.29, 0.717) is 24.5 Å². The Hall–Kier alpha value is -1.91. The summed E-state index contributed by atoms with van der Waals surface area (Å²) in [7, 11) is 1.66. The summed E-state index contributed by atoms with van der Waals surface area (Å²) in [6.07, 6.45) is 1.75. The maximum absolute atomic E-state index is 9.69. The van der Waals surface area contributed by atoms with Crippen LogP contribution in [0.4, 0.5) is 0 Å². The molecule has 0 aliphatic rings. The molecule has 0 bridgehead atoms. The summed E-state index contributed by atoms with van der Waals surface area (Å²) >= 11 is 0. The SMILES string of the molecule is CCC(O)c1ccc(Oc2cccc(COC)c2)cn1. The molecule has 0 aliphatic heterocycles. The van der Waals surface area contributed by atoms with Gasteiger partial charge in [0.2, 0.25) is 0 Å². The van der Waals surface area contributed by atoms with E-state index >= 15 is 0 Å². The number of hydrogen-bond acceptors (Lipinski definition) is 4. The van der Waals surface area contributed by atoms with Gasteiger partial charge in [-0.25, -0.2) is 0 Å². The van der Waals surface area contributed by atoms with Crippen LogP contribution in [0.1, 0.15) is 30.7 Å². The van der Waals surface area contributed by atoms with Gasteiger partial charge < -0.3 is 14.6 Å². The van der Waals surface area contributed by atoms with Crippen molar-refractivity contribution in [3.63, 3.8) is 0 Å². The summed E-state index contributed by atoms with van der Waals surface area (Å²) in [6.45, 7) is 2.47. The lowest BCUT2D eigenvalue weighted by atomic mass is 10.2. The van der Waals surface area contributed by atoms with Crippen LogP contribution in [0.2, 0.25) is 0 Å². The number of aromatic nitrogens is 1. The molecule has 0 saturated carbocycles. The Kier molecular flexibility index (Phi) is 5.09. The average Bonchev–Trinajstić information content (AvgIpc) is 2.48. The zero-order chi connectivity index (χ0) is 14.4. The minimum Gasteiger partial charge on any atom is -0.456 e. The van der Waals surface area contributed by atoms with Gasteiger partial charge >= 0.3 is 0 Å². The van der Waals surface area contributed by atoms with Crippen molar-refractivity contribution in [1.82, 2.24) is 4.98 Å². The Morgan fingerprint density at radius 3 is 2.70 bits per heavy atom. The zero-order valence-electron chi connectivity index (χ0n) is 11.7. The van der Waals surface area contributed by atoms with Crippen LogP contribution in [-0.2, 0) is 11.3 Å². The van der Waals surface area contributed by atoms with Crippen molar-refractivity contribution in [1.29, 1.82) is 0 Å². The molecule has 1 aromatic carbocycles. The first-order valence-electron chi connectivity index (χ1n) is 6.62. The van der Waals surface area contributed by atoms with Gasteiger partial charge in [-0.2, -0.15) is 0 Å². The number of methoxy groups -OCH3 is 1. The van der Waals surface area contributed by atoms with Crippen LogP contribution < -0.4 is 4.74 Å². The summed E-state index contributed by atoms with van der Waals surface area (Å²) in [5.41, 5.74) is 1.71. The van der Waals surface area contributed by atoms with Crippen LogP contribution >= 0.6 is 0 Å². The molecule has 2 aromatic rings. The van der Waals surface area contributed by atoms with Gasteiger partial charge in [-0.3, -0.25) is 4.98 Å². The van der Waals surface area contributed by atoms with Gasteiger partial charge in [-0.05, 0) is 36.2 Å². The largest absolute Gasteiger partial charge is 0.456 e. The second-order valence-electron chi connectivity index (χ2n) is 4.53. The summed E-state index contributed by atoms with van der Waals surface area (Å²) in [5, 5.41) is 9.69. The molecule has 1 heterocycles. The highest BCUT2D eigenvalue weighted by atomic mass is 16.5.